The number of hydrogen-bond donors (Lipinski definition) is 0. The zero-order chi connectivity index (χ0) is 18.0. The number of nitro benzene ring substituents is 1. The van der Waals surface area contributed by atoms with Gasteiger partial charge in [0.25, 0.3) is 5.69 Å². The van der Waals surface area contributed by atoms with Crippen molar-refractivity contribution in [2.45, 2.75) is 9.99 Å². The molecule has 25 heavy (non-hydrogen) atoms. The molecule has 0 spiro atoms. The second kappa shape index (κ2) is 6.86. The number of nitro groups is 1. The summed E-state index contributed by atoms with van der Waals surface area (Å²) in [6, 6.07) is 10.6. The van der Waals surface area contributed by atoms with Crippen LogP contribution in [0.4, 0.5) is 5.69 Å². The third-order valence-corrected chi connectivity index (χ3v) is 4.38. The van der Waals surface area contributed by atoms with Gasteiger partial charge in [0.05, 0.1) is 19.1 Å². The van der Waals surface area contributed by atoms with Gasteiger partial charge in [0.15, 0.2) is 10.5 Å². The Hall–Kier alpha value is -3.00. The molecule has 0 N–H and O–H groups in total. The van der Waals surface area contributed by atoms with E-state index < -0.39 is 4.92 Å². The molecule has 1 heterocycles. The molecular weight excluding hydrogens is 346 g/mol. The van der Waals surface area contributed by atoms with Crippen molar-refractivity contribution < 1.29 is 18.8 Å². The highest BCUT2D eigenvalue weighted by Crippen LogP contribution is 2.34. The van der Waals surface area contributed by atoms with E-state index in [1.165, 1.54) is 44.2 Å². The summed E-state index contributed by atoms with van der Waals surface area (Å²) in [5.74, 6) is 0.875. The van der Waals surface area contributed by atoms with Crippen LogP contribution in [0.1, 0.15) is 0 Å². The summed E-state index contributed by atoms with van der Waals surface area (Å²) < 4.78 is 16.2. The molecule has 0 saturated carbocycles. The average molecular weight is 359 g/mol. The van der Waals surface area contributed by atoms with Crippen LogP contribution >= 0.6 is 11.8 Å². The maximum Gasteiger partial charge on any atom is 0.269 e. The summed E-state index contributed by atoms with van der Waals surface area (Å²) >= 11 is 1.19. The monoisotopic (exact) mass is 359 g/mol. The summed E-state index contributed by atoms with van der Waals surface area (Å²) in [6.45, 7) is 0. The number of hydrogen-bond acceptors (Lipinski definition) is 7. The highest BCUT2D eigenvalue weighted by atomic mass is 32.2. The molecule has 7 nitrogen and oxygen atoms in total. The van der Waals surface area contributed by atoms with Crippen molar-refractivity contribution in [1.29, 1.82) is 0 Å². The molecule has 0 bridgehead atoms. The summed E-state index contributed by atoms with van der Waals surface area (Å²) in [5, 5.41) is 11.4. The van der Waals surface area contributed by atoms with Gasteiger partial charge in [0.1, 0.15) is 22.5 Å². The first-order chi connectivity index (χ1) is 12.0. The summed E-state index contributed by atoms with van der Waals surface area (Å²) in [4.78, 5) is 23.4. The van der Waals surface area contributed by atoms with Crippen molar-refractivity contribution in [3.05, 3.63) is 62.8 Å². The molecule has 0 radical (unpaired) electrons. The second-order valence-electron chi connectivity index (χ2n) is 4.99. The largest absolute Gasteiger partial charge is 0.496 e. The smallest absolute Gasteiger partial charge is 0.269 e. The Kier molecular flexibility index (Phi) is 4.62. The lowest BCUT2D eigenvalue weighted by Gasteiger charge is -2.08. The van der Waals surface area contributed by atoms with Crippen LogP contribution in [0.25, 0.3) is 11.0 Å². The lowest BCUT2D eigenvalue weighted by atomic mass is 10.2. The van der Waals surface area contributed by atoms with Crippen LogP contribution in [0.3, 0.4) is 0 Å². The normalized spacial score (nSPS) is 10.6. The van der Waals surface area contributed by atoms with E-state index >= 15 is 0 Å². The molecular formula is C17H13NO6S. The number of non-ortho nitro benzene ring substituents is 1. The highest BCUT2D eigenvalue weighted by Gasteiger charge is 2.14. The van der Waals surface area contributed by atoms with Crippen molar-refractivity contribution in [3.8, 4) is 11.5 Å². The van der Waals surface area contributed by atoms with Crippen LogP contribution in [-0.2, 0) is 0 Å². The van der Waals surface area contributed by atoms with Gasteiger partial charge in [0.2, 0.25) is 0 Å². The Bertz CT molecular complexity index is 996. The molecule has 128 valence electrons. The van der Waals surface area contributed by atoms with E-state index in [9.17, 15) is 14.9 Å². The molecule has 0 aliphatic rings. The van der Waals surface area contributed by atoms with Crippen LogP contribution in [0.2, 0.25) is 0 Å². The van der Waals surface area contributed by atoms with E-state index in [0.29, 0.717) is 32.5 Å². The van der Waals surface area contributed by atoms with Gasteiger partial charge in [0, 0.05) is 35.2 Å². The Morgan fingerprint density at radius 3 is 2.40 bits per heavy atom. The van der Waals surface area contributed by atoms with E-state index in [1.54, 1.807) is 24.3 Å². The zero-order valence-corrected chi connectivity index (χ0v) is 14.2. The molecule has 0 fully saturated rings. The van der Waals surface area contributed by atoms with Crippen LogP contribution in [-0.4, -0.2) is 19.1 Å². The van der Waals surface area contributed by atoms with Crippen molar-refractivity contribution >= 4 is 28.4 Å². The molecule has 8 heteroatoms. The first-order valence-electron chi connectivity index (χ1n) is 7.14. The second-order valence-corrected chi connectivity index (χ2v) is 6.06. The lowest BCUT2D eigenvalue weighted by molar-refractivity contribution is -0.384. The molecule has 3 aromatic rings. The molecule has 0 aliphatic heterocycles. The molecule has 0 aliphatic carbocycles. The average Bonchev–Trinajstić information content (AvgIpc) is 2.60. The minimum atomic E-state index is -0.469. The highest BCUT2D eigenvalue weighted by molar-refractivity contribution is 7.99. The third kappa shape index (κ3) is 3.43. The van der Waals surface area contributed by atoms with E-state index in [4.69, 9.17) is 13.9 Å². The Balaban J connectivity index is 2.02. The van der Waals surface area contributed by atoms with Crippen LogP contribution in [0.15, 0.2) is 61.7 Å². The van der Waals surface area contributed by atoms with E-state index in [-0.39, 0.29) is 11.1 Å². The van der Waals surface area contributed by atoms with Gasteiger partial charge in [-0.25, -0.2) is 0 Å². The minimum absolute atomic E-state index is 0.00112. The Labute approximate surface area is 146 Å². The lowest BCUT2D eigenvalue weighted by Crippen LogP contribution is -2.03. The minimum Gasteiger partial charge on any atom is -0.496 e. The van der Waals surface area contributed by atoms with Gasteiger partial charge in [-0.05, 0) is 12.1 Å². The molecule has 2 aromatic carbocycles. The number of rotatable bonds is 5. The topological polar surface area (TPSA) is 91.8 Å². The predicted molar refractivity (Wildman–Crippen MR) is 92.8 cm³/mol. The molecule has 1 aromatic heterocycles. The Morgan fingerprint density at radius 2 is 1.80 bits per heavy atom. The van der Waals surface area contributed by atoms with Gasteiger partial charge in [-0.1, -0.05) is 11.8 Å². The van der Waals surface area contributed by atoms with E-state index in [2.05, 4.69) is 0 Å². The van der Waals surface area contributed by atoms with Crippen molar-refractivity contribution in [2.75, 3.05) is 14.2 Å². The molecule has 0 unspecified atom stereocenters. The van der Waals surface area contributed by atoms with Crippen LogP contribution < -0.4 is 14.9 Å². The number of benzene rings is 2. The number of ether oxygens (including phenoxy) is 2. The maximum atomic E-state index is 12.4. The van der Waals surface area contributed by atoms with Gasteiger partial charge in [-0.2, -0.15) is 0 Å². The van der Waals surface area contributed by atoms with E-state index in [1.807, 2.05) is 0 Å². The number of methoxy groups -OCH3 is 2. The summed E-state index contributed by atoms with van der Waals surface area (Å²) in [6.07, 6.45) is 0. The fraction of sp³-hybridized carbons (Fsp3) is 0.118. The predicted octanol–water partition coefficient (Wildman–Crippen LogP) is 3.87. The van der Waals surface area contributed by atoms with Gasteiger partial charge < -0.3 is 13.9 Å². The van der Waals surface area contributed by atoms with Crippen molar-refractivity contribution in [2.24, 2.45) is 0 Å². The Morgan fingerprint density at radius 1 is 1.08 bits per heavy atom. The third-order valence-electron chi connectivity index (χ3n) is 3.47. The van der Waals surface area contributed by atoms with Crippen molar-refractivity contribution in [1.82, 2.24) is 0 Å². The molecule has 0 atom stereocenters. The molecule has 3 rings (SSSR count). The summed E-state index contributed by atoms with van der Waals surface area (Å²) in [7, 11) is 2.97. The quantitative estimate of drug-likeness (QED) is 0.504. The van der Waals surface area contributed by atoms with Crippen LogP contribution in [0, 0.1) is 10.1 Å². The number of fused-ring (bicyclic) bond motifs is 1. The summed E-state index contributed by atoms with van der Waals surface area (Å²) in [5.41, 5.74) is 0.0945. The molecule has 0 amide bonds. The fourth-order valence-electron chi connectivity index (χ4n) is 2.29. The fourth-order valence-corrected chi connectivity index (χ4v) is 3.09. The van der Waals surface area contributed by atoms with Gasteiger partial charge >= 0.3 is 0 Å². The SMILES string of the molecule is COc1cc(OC)c2c(=O)cc(Sc3ccc([N+](=O)[O-])cc3)oc2c1. The number of nitrogens with zero attached hydrogens (tertiary/aromatic N) is 1. The van der Waals surface area contributed by atoms with Gasteiger partial charge in [-0.15, -0.1) is 0 Å². The van der Waals surface area contributed by atoms with Crippen molar-refractivity contribution in [3.63, 3.8) is 0 Å². The maximum absolute atomic E-state index is 12.4. The van der Waals surface area contributed by atoms with Crippen LogP contribution in [0.5, 0.6) is 11.5 Å². The zero-order valence-electron chi connectivity index (χ0n) is 13.3. The first kappa shape index (κ1) is 16.8. The molecule has 0 saturated heterocycles. The van der Waals surface area contributed by atoms with E-state index in [0.717, 1.165) is 0 Å². The first-order valence-corrected chi connectivity index (χ1v) is 7.95. The standard InChI is InChI=1S/C17H13NO6S/c1-22-11-7-14(23-2)17-13(19)9-16(24-15(17)8-11)25-12-5-3-10(4-6-12)18(20)21/h3-9H,1-2H3. The van der Waals surface area contributed by atoms with Gasteiger partial charge in [-0.3, -0.25) is 14.9 Å².